The first kappa shape index (κ1) is 22.7. The molecule has 0 aliphatic carbocycles. The summed E-state index contributed by atoms with van der Waals surface area (Å²) in [6, 6.07) is 12.4. The summed E-state index contributed by atoms with van der Waals surface area (Å²) >= 11 is 0. The molecule has 0 saturated heterocycles. The highest BCUT2D eigenvalue weighted by Crippen LogP contribution is 2.24. The number of amides is 1. The van der Waals surface area contributed by atoms with E-state index in [-0.39, 0.29) is 11.1 Å². The third-order valence-electron chi connectivity index (χ3n) is 5.09. The van der Waals surface area contributed by atoms with Gasteiger partial charge in [0.2, 0.25) is 0 Å². The molecule has 1 heterocycles. The first-order chi connectivity index (χ1) is 14.4. The molecular weight excluding hydrogens is 417 g/mol. The quantitative estimate of drug-likeness (QED) is 0.644. The van der Waals surface area contributed by atoms with Crippen LogP contribution in [0.3, 0.4) is 0 Å². The molecule has 3 aromatic rings. The van der Waals surface area contributed by atoms with E-state index in [0.29, 0.717) is 12.2 Å². The fourth-order valence-electron chi connectivity index (χ4n) is 3.23. The minimum absolute atomic E-state index is 0.0903. The van der Waals surface area contributed by atoms with Gasteiger partial charge in [0.15, 0.2) is 0 Å². The first-order valence-electron chi connectivity index (χ1n) is 9.85. The molecule has 0 unspecified atom stereocenters. The molecule has 0 atom stereocenters. The molecular formula is C23H26FN3O3S. The summed E-state index contributed by atoms with van der Waals surface area (Å²) in [5, 5.41) is 4.59. The molecule has 164 valence electrons. The van der Waals surface area contributed by atoms with Crippen LogP contribution in [-0.2, 0) is 22.0 Å². The number of carbonyl (C=O) groups is 1. The molecule has 8 heteroatoms. The van der Waals surface area contributed by atoms with Gasteiger partial charge in [-0.15, -0.1) is 0 Å². The van der Waals surface area contributed by atoms with E-state index in [1.807, 2.05) is 57.5 Å². The Balaban J connectivity index is 2.02. The van der Waals surface area contributed by atoms with E-state index >= 15 is 0 Å². The van der Waals surface area contributed by atoms with Gasteiger partial charge in [0, 0.05) is 5.41 Å². The standard InChI is InChI=1S/C23H26FN3O3S/c1-15-9-8-10-16(2)17(15)14-27-19(13-21(25-27)23(3,4)5)22(28)26-31(29,30)20-12-7-6-11-18(20)24/h6-13H,14H2,1-5H3,(H,26,28). The zero-order valence-corrected chi connectivity index (χ0v) is 19.0. The lowest BCUT2D eigenvalue weighted by Crippen LogP contribution is -2.33. The number of hydrogen-bond acceptors (Lipinski definition) is 4. The number of nitrogens with zero attached hydrogens (tertiary/aromatic N) is 2. The van der Waals surface area contributed by atoms with Crippen molar-refractivity contribution in [1.29, 1.82) is 0 Å². The topological polar surface area (TPSA) is 81.1 Å². The lowest BCUT2D eigenvalue weighted by molar-refractivity contribution is 0.0971. The number of benzene rings is 2. The van der Waals surface area contributed by atoms with E-state index in [4.69, 9.17) is 0 Å². The van der Waals surface area contributed by atoms with E-state index in [2.05, 4.69) is 5.10 Å². The fourth-order valence-corrected chi connectivity index (χ4v) is 4.27. The van der Waals surface area contributed by atoms with Crippen LogP contribution in [0.5, 0.6) is 0 Å². The summed E-state index contributed by atoms with van der Waals surface area (Å²) in [5.41, 5.74) is 3.46. The van der Waals surface area contributed by atoms with Gasteiger partial charge in [-0.05, 0) is 48.7 Å². The molecule has 0 bridgehead atoms. The second kappa shape index (κ2) is 8.26. The van der Waals surface area contributed by atoms with Gasteiger partial charge >= 0.3 is 0 Å². The number of aryl methyl sites for hydroxylation is 2. The molecule has 31 heavy (non-hydrogen) atoms. The number of halogens is 1. The molecule has 1 aromatic heterocycles. The predicted octanol–water partition coefficient (Wildman–Crippen LogP) is 4.10. The number of aromatic nitrogens is 2. The largest absolute Gasteiger partial charge is 0.283 e. The summed E-state index contributed by atoms with van der Waals surface area (Å²) < 4.78 is 42.7. The van der Waals surface area contributed by atoms with Crippen LogP contribution in [-0.4, -0.2) is 24.1 Å². The van der Waals surface area contributed by atoms with E-state index in [9.17, 15) is 17.6 Å². The Morgan fingerprint density at radius 3 is 2.26 bits per heavy atom. The Kier molecular flexibility index (Phi) is 6.04. The maximum Gasteiger partial charge on any atom is 0.283 e. The Hall–Kier alpha value is -3.00. The normalized spacial score (nSPS) is 12.1. The van der Waals surface area contributed by atoms with Crippen LogP contribution in [0.15, 0.2) is 53.4 Å². The highest BCUT2D eigenvalue weighted by Gasteiger charge is 2.27. The fraction of sp³-hybridized carbons (Fsp3) is 0.304. The molecule has 6 nitrogen and oxygen atoms in total. The zero-order valence-electron chi connectivity index (χ0n) is 18.2. The van der Waals surface area contributed by atoms with Crippen molar-refractivity contribution in [2.24, 2.45) is 0 Å². The minimum atomic E-state index is -4.39. The van der Waals surface area contributed by atoms with Gasteiger partial charge in [-0.2, -0.15) is 5.10 Å². The maximum atomic E-state index is 14.0. The van der Waals surface area contributed by atoms with Gasteiger partial charge in [-0.25, -0.2) is 17.5 Å². The van der Waals surface area contributed by atoms with Crippen LogP contribution < -0.4 is 4.72 Å². The van der Waals surface area contributed by atoms with Crippen molar-refractivity contribution in [2.45, 2.75) is 51.5 Å². The average Bonchev–Trinajstić information content (AvgIpc) is 3.09. The molecule has 2 aromatic carbocycles. The predicted molar refractivity (Wildman–Crippen MR) is 117 cm³/mol. The number of carbonyl (C=O) groups excluding carboxylic acids is 1. The third kappa shape index (κ3) is 4.85. The molecule has 1 N–H and O–H groups in total. The lowest BCUT2D eigenvalue weighted by Gasteiger charge is -2.15. The molecule has 0 saturated carbocycles. The number of sulfonamides is 1. The Morgan fingerprint density at radius 1 is 1.06 bits per heavy atom. The van der Waals surface area contributed by atoms with Gasteiger partial charge in [-0.3, -0.25) is 9.48 Å². The second-order valence-electron chi connectivity index (χ2n) is 8.56. The second-order valence-corrected chi connectivity index (χ2v) is 10.2. The Labute approximate surface area is 182 Å². The highest BCUT2D eigenvalue weighted by molar-refractivity contribution is 7.90. The molecule has 0 aliphatic heterocycles. The molecule has 0 radical (unpaired) electrons. The van der Waals surface area contributed by atoms with E-state index in [1.165, 1.54) is 16.8 Å². The van der Waals surface area contributed by atoms with Crippen LogP contribution in [0.2, 0.25) is 0 Å². The number of hydrogen-bond donors (Lipinski definition) is 1. The van der Waals surface area contributed by atoms with Gasteiger partial charge in [0.1, 0.15) is 16.4 Å². The van der Waals surface area contributed by atoms with Crippen molar-refractivity contribution >= 4 is 15.9 Å². The van der Waals surface area contributed by atoms with Crippen LogP contribution >= 0.6 is 0 Å². The van der Waals surface area contributed by atoms with E-state index in [1.54, 1.807) is 6.07 Å². The lowest BCUT2D eigenvalue weighted by atomic mass is 9.92. The van der Waals surface area contributed by atoms with Crippen LogP contribution in [0.1, 0.15) is 53.6 Å². The average molecular weight is 444 g/mol. The SMILES string of the molecule is Cc1cccc(C)c1Cn1nc(C(C)(C)C)cc1C(=O)NS(=O)(=O)c1ccccc1F. The Morgan fingerprint density at radius 2 is 1.68 bits per heavy atom. The van der Waals surface area contributed by atoms with E-state index < -0.39 is 26.6 Å². The van der Waals surface area contributed by atoms with Gasteiger partial charge in [-0.1, -0.05) is 51.1 Å². The Bertz CT molecular complexity index is 1220. The van der Waals surface area contributed by atoms with Crippen molar-refractivity contribution in [3.63, 3.8) is 0 Å². The van der Waals surface area contributed by atoms with Gasteiger partial charge in [0.05, 0.1) is 12.2 Å². The van der Waals surface area contributed by atoms with Crippen LogP contribution in [0, 0.1) is 19.7 Å². The summed E-state index contributed by atoms with van der Waals surface area (Å²) in [4.78, 5) is 12.4. The van der Waals surface area contributed by atoms with Crippen molar-refractivity contribution in [2.75, 3.05) is 0 Å². The number of rotatable bonds is 5. The minimum Gasteiger partial charge on any atom is -0.266 e. The maximum absolute atomic E-state index is 14.0. The number of nitrogens with one attached hydrogen (secondary N) is 1. The molecule has 3 rings (SSSR count). The molecule has 0 fully saturated rings. The van der Waals surface area contributed by atoms with Crippen molar-refractivity contribution < 1.29 is 17.6 Å². The first-order valence-corrected chi connectivity index (χ1v) is 11.3. The molecule has 0 spiro atoms. The van der Waals surface area contributed by atoms with Crippen molar-refractivity contribution in [3.05, 3.63) is 82.4 Å². The summed E-state index contributed by atoms with van der Waals surface area (Å²) in [6.45, 7) is 10.1. The summed E-state index contributed by atoms with van der Waals surface area (Å²) in [5.74, 6) is -1.79. The molecule has 1 amide bonds. The van der Waals surface area contributed by atoms with Crippen LogP contribution in [0.25, 0.3) is 0 Å². The van der Waals surface area contributed by atoms with E-state index in [0.717, 1.165) is 28.8 Å². The zero-order chi connectivity index (χ0) is 23.0. The highest BCUT2D eigenvalue weighted by atomic mass is 32.2. The summed E-state index contributed by atoms with van der Waals surface area (Å²) in [7, 11) is -4.39. The third-order valence-corrected chi connectivity index (χ3v) is 6.45. The van der Waals surface area contributed by atoms with Crippen molar-refractivity contribution in [3.8, 4) is 0 Å². The van der Waals surface area contributed by atoms with Crippen LogP contribution in [0.4, 0.5) is 4.39 Å². The monoisotopic (exact) mass is 443 g/mol. The van der Waals surface area contributed by atoms with Gasteiger partial charge < -0.3 is 0 Å². The van der Waals surface area contributed by atoms with Gasteiger partial charge in [0.25, 0.3) is 15.9 Å². The smallest absolute Gasteiger partial charge is 0.266 e. The summed E-state index contributed by atoms with van der Waals surface area (Å²) in [6.07, 6.45) is 0. The molecule has 0 aliphatic rings. The van der Waals surface area contributed by atoms with Crippen molar-refractivity contribution in [1.82, 2.24) is 14.5 Å².